The summed E-state index contributed by atoms with van der Waals surface area (Å²) in [4.78, 5) is 29.6. The molecule has 184 valence electrons. The SMILES string of the molecule is Cc1ccc2nc3n(c2c1)C(CN(Cc1ccc(C(=O)O)cc1)Cc1ccc(C(=O)O)cc1)COC3. The van der Waals surface area contributed by atoms with E-state index in [0.29, 0.717) is 32.8 Å². The zero-order chi connectivity index (χ0) is 25.2. The first-order valence-corrected chi connectivity index (χ1v) is 11.8. The highest BCUT2D eigenvalue weighted by Gasteiger charge is 2.26. The van der Waals surface area contributed by atoms with Crippen molar-refractivity contribution in [2.45, 2.75) is 32.7 Å². The summed E-state index contributed by atoms with van der Waals surface area (Å²) >= 11 is 0. The van der Waals surface area contributed by atoms with Gasteiger partial charge in [-0.1, -0.05) is 30.3 Å². The summed E-state index contributed by atoms with van der Waals surface area (Å²) in [5.41, 5.74) is 5.70. The van der Waals surface area contributed by atoms with Crippen molar-refractivity contribution in [2.24, 2.45) is 0 Å². The topological polar surface area (TPSA) is 105 Å². The second kappa shape index (κ2) is 9.93. The van der Waals surface area contributed by atoms with Crippen LogP contribution < -0.4 is 0 Å². The number of nitrogens with zero attached hydrogens (tertiary/aromatic N) is 3. The van der Waals surface area contributed by atoms with E-state index < -0.39 is 11.9 Å². The van der Waals surface area contributed by atoms with Gasteiger partial charge < -0.3 is 19.5 Å². The molecular weight excluding hydrogens is 458 g/mol. The summed E-state index contributed by atoms with van der Waals surface area (Å²) in [6.45, 7) is 4.96. The van der Waals surface area contributed by atoms with Crippen LogP contribution in [-0.2, 0) is 24.4 Å². The van der Waals surface area contributed by atoms with Crippen molar-refractivity contribution in [1.82, 2.24) is 14.5 Å². The monoisotopic (exact) mass is 485 g/mol. The zero-order valence-corrected chi connectivity index (χ0v) is 19.9. The Morgan fingerprint density at radius 3 is 2.08 bits per heavy atom. The Balaban J connectivity index is 1.44. The summed E-state index contributed by atoms with van der Waals surface area (Å²) in [7, 11) is 0. The summed E-state index contributed by atoms with van der Waals surface area (Å²) in [5.74, 6) is -0.999. The third kappa shape index (κ3) is 5.00. The van der Waals surface area contributed by atoms with Crippen LogP contribution in [0, 0.1) is 6.92 Å². The molecular formula is C28H27N3O5. The Morgan fingerprint density at radius 1 is 0.944 bits per heavy atom. The van der Waals surface area contributed by atoms with Gasteiger partial charge in [-0.15, -0.1) is 0 Å². The van der Waals surface area contributed by atoms with Crippen molar-refractivity contribution in [3.8, 4) is 0 Å². The molecule has 4 aromatic rings. The first-order chi connectivity index (χ1) is 17.4. The Bertz CT molecular complexity index is 1350. The maximum Gasteiger partial charge on any atom is 0.335 e. The number of carboxylic acids is 2. The number of carboxylic acid groups (broad SMARTS) is 2. The molecule has 1 atom stereocenters. The molecule has 0 saturated heterocycles. The van der Waals surface area contributed by atoms with E-state index in [1.807, 2.05) is 30.3 Å². The highest BCUT2D eigenvalue weighted by atomic mass is 16.5. The largest absolute Gasteiger partial charge is 0.478 e. The zero-order valence-electron chi connectivity index (χ0n) is 19.9. The molecule has 2 heterocycles. The second-order valence-electron chi connectivity index (χ2n) is 9.23. The standard InChI is InChI=1S/C28H27N3O5/c1-18-2-11-24-25(12-18)31-23(16-36-17-26(31)29-24)15-30(13-19-3-7-21(8-4-19)27(32)33)14-20-5-9-22(10-6-20)28(34)35/h2-12,23H,13-17H2,1H3,(H,32,33)(H,34,35). The van der Waals surface area contributed by atoms with Crippen LogP contribution in [0.4, 0.5) is 0 Å². The molecule has 5 rings (SSSR count). The van der Waals surface area contributed by atoms with E-state index in [2.05, 4.69) is 28.5 Å². The predicted molar refractivity (Wildman–Crippen MR) is 134 cm³/mol. The van der Waals surface area contributed by atoms with Gasteiger partial charge in [0.05, 0.1) is 34.8 Å². The number of aromatic nitrogens is 2. The molecule has 1 unspecified atom stereocenters. The second-order valence-corrected chi connectivity index (χ2v) is 9.23. The first kappa shape index (κ1) is 23.7. The maximum absolute atomic E-state index is 11.3. The van der Waals surface area contributed by atoms with Gasteiger partial charge in [0, 0.05) is 19.6 Å². The van der Waals surface area contributed by atoms with Crippen molar-refractivity contribution in [3.63, 3.8) is 0 Å². The van der Waals surface area contributed by atoms with Crippen LogP contribution in [0.2, 0.25) is 0 Å². The molecule has 36 heavy (non-hydrogen) atoms. The number of ether oxygens (including phenoxy) is 1. The molecule has 8 heteroatoms. The van der Waals surface area contributed by atoms with E-state index in [0.717, 1.165) is 28.0 Å². The molecule has 0 amide bonds. The third-order valence-electron chi connectivity index (χ3n) is 6.51. The number of fused-ring (bicyclic) bond motifs is 3. The van der Waals surface area contributed by atoms with Crippen LogP contribution in [0.1, 0.15) is 49.3 Å². The summed E-state index contributed by atoms with van der Waals surface area (Å²) in [6, 6.07) is 20.1. The lowest BCUT2D eigenvalue weighted by Crippen LogP contribution is -2.35. The van der Waals surface area contributed by atoms with Crippen LogP contribution in [-0.4, -0.2) is 49.8 Å². The van der Waals surface area contributed by atoms with E-state index in [9.17, 15) is 19.8 Å². The van der Waals surface area contributed by atoms with E-state index in [1.165, 1.54) is 5.56 Å². The van der Waals surface area contributed by atoms with Crippen LogP contribution in [0.5, 0.6) is 0 Å². The molecule has 1 aliphatic heterocycles. The minimum Gasteiger partial charge on any atom is -0.478 e. The number of aromatic carboxylic acids is 2. The highest BCUT2D eigenvalue weighted by molar-refractivity contribution is 5.88. The van der Waals surface area contributed by atoms with Crippen molar-refractivity contribution < 1.29 is 24.5 Å². The van der Waals surface area contributed by atoms with Crippen LogP contribution in [0.3, 0.4) is 0 Å². The van der Waals surface area contributed by atoms with E-state index >= 15 is 0 Å². The number of hydrogen-bond acceptors (Lipinski definition) is 5. The number of carbonyl (C=O) groups is 2. The Morgan fingerprint density at radius 2 is 1.53 bits per heavy atom. The molecule has 2 N–H and O–H groups in total. The van der Waals surface area contributed by atoms with Crippen LogP contribution in [0.15, 0.2) is 66.7 Å². The number of aryl methyl sites for hydroxylation is 1. The molecule has 0 aliphatic carbocycles. The number of rotatable bonds is 8. The van der Waals surface area contributed by atoms with E-state index in [1.54, 1.807) is 24.3 Å². The molecule has 8 nitrogen and oxygen atoms in total. The Labute approximate surface area is 208 Å². The first-order valence-electron chi connectivity index (χ1n) is 11.8. The normalized spacial score (nSPS) is 15.2. The number of hydrogen-bond donors (Lipinski definition) is 2. The highest BCUT2D eigenvalue weighted by Crippen LogP contribution is 2.28. The summed E-state index contributed by atoms with van der Waals surface area (Å²) in [6.07, 6.45) is 0. The van der Waals surface area contributed by atoms with Gasteiger partial charge in [0.15, 0.2) is 0 Å². The quantitative estimate of drug-likeness (QED) is 0.378. The minimum absolute atomic E-state index is 0.0390. The van der Waals surface area contributed by atoms with Gasteiger partial charge in [-0.05, 0) is 60.0 Å². The lowest BCUT2D eigenvalue weighted by Gasteiger charge is -2.32. The molecule has 0 radical (unpaired) electrons. The summed E-state index contributed by atoms with van der Waals surface area (Å²) in [5, 5.41) is 18.5. The molecule has 0 saturated carbocycles. The van der Waals surface area contributed by atoms with Gasteiger partial charge in [-0.25, -0.2) is 14.6 Å². The lowest BCUT2D eigenvalue weighted by molar-refractivity contribution is 0.0402. The smallest absolute Gasteiger partial charge is 0.335 e. The van der Waals surface area contributed by atoms with Crippen LogP contribution in [0.25, 0.3) is 11.0 Å². The molecule has 0 spiro atoms. The van der Waals surface area contributed by atoms with Crippen LogP contribution >= 0.6 is 0 Å². The van der Waals surface area contributed by atoms with Gasteiger partial charge in [0.25, 0.3) is 0 Å². The average molecular weight is 486 g/mol. The average Bonchev–Trinajstić information content (AvgIpc) is 3.23. The van der Waals surface area contributed by atoms with Gasteiger partial charge in [-0.3, -0.25) is 4.90 Å². The van der Waals surface area contributed by atoms with Gasteiger partial charge in [0.2, 0.25) is 0 Å². The molecule has 0 bridgehead atoms. The minimum atomic E-state index is -0.953. The molecule has 0 fully saturated rings. The molecule has 1 aliphatic rings. The fourth-order valence-corrected chi connectivity index (χ4v) is 4.76. The van der Waals surface area contributed by atoms with Gasteiger partial charge >= 0.3 is 11.9 Å². The lowest BCUT2D eigenvalue weighted by atomic mass is 10.1. The number of benzene rings is 3. The van der Waals surface area contributed by atoms with Crippen molar-refractivity contribution >= 4 is 23.0 Å². The molecule has 3 aromatic carbocycles. The van der Waals surface area contributed by atoms with E-state index in [4.69, 9.17) is 9.72 Å². The van der Waals surface area contributed by atoms with Crippen molar-refractivity contribution in [1.29, 1.82) is 0 Å². The fourth-order valence-electron chi connectivity index (χ4n) is 4.76. The van der Waals surface area contributed by atoms with Crippen molar-refractivity contribution in [3.05, 3.63) is 100 Å². The molecule has 1 aromatic heterocycles. The van der Waals surface area contributed by atoms with Gasteiger partial charge in [0.1, 0.15) is 12.4 Å². The maximum atomic E-state index is 11.3. The Hall–Kier alpha value is -4.01. The fraction of sp³-hybridized carbons (Fsp3) is 0.250. The van der Waals surface area contributed by atoms with Gasteiger partial charge in [-0.2, -0.15) is 0 Å². The predicted octanol–water partition coefficient (Wildman–Crippen LogP) is 4.51. The summed E-state index contributed by atoms with van der Waals surface area (Å²) < 4.78 is 8.19. The number of imidazole rings is 1. The van der Waals surface area contributed by atoms with E-state index in [-0.39, 0.29) is 17.2 Å². The Kier molecular flexibility index (Phi) is 6.54. The van der Waals surface area contributed by atoms with Crippen molar-refractivity contribution in [2.75, 3.05) is 13.2 Å². The third-order valence-corrected chi connectivity index (χ3v) is 6.51.